The number of nitrogens with zero attached hydrogens (tertiary/aromatic N) is 3. The number of alkyl carbamates (subject to hydrolysis) is 1. The highest BCUT2D eigenvalue weighted by Gasteiger charge is 2.64. The number of hydrogen-bond donors (Lipinski definition) is 3. The molecule has 0 bridgehead atoms. The number of nitrogens with one attached hydrogen (secondary N) is 3. The molecule has 17 nitrogen and oxygen atoms in total. The van der Waals surface area contributed by atoms with Crippen LogP contribution in [0.1, 0.15) is 92.4 Å². The zero-order chi connectivity index (χ0) is 50.2. The Morgan fingerprint density at radius 2 is 1.81 bits per heavy atom. The Bertz CT molecular complexity index is 2550. The minimum atomic E-state index is -5.02. The first-order valence-electron chi connectivity index (χ1n) is 23.6. The van der Waals surface area contributed by atoms with E-state index >= 15 is 4.79 Å². The van der Waals surface area contributed by atoms with Gasteiger partial charge in [-0.2, -0.15) is 13.2 Å². The third-order valence-corrected chi connectivity index (χ3v) is 16.3. The lowest BCUT2D eigenvalue weighted by Gasteiger charge is -2.38. The SMILES string of the molecule is CCC1OC(C)CCC=CC2CC2(C(=O)NS(=O)(=O)C2(C)CC2)NC(=O)C2CC(Oc3cc(-c4ccc(OC(C)C)cc4)nc(-c4cscn4)c3)CN2C(=O)C1NC(=O)OC1(C(F)(F)F)CCCOC1. The van der Waals surface area contributed by atoms with E-state index < -0.39 is 105 Å². The first-order valence-corrected chi connectivity index (χ1v) is 26.1. The Hall–Kier alpha value is -5.32. The van der Waals surface area contributed by atoms with Crippen LogP contribution >= 0.6 is 11.3 Å². The van der Waals surface area contributed by atoms with Gasteiger partial charge in [0.25, 0.3) is 5.91 Å². The molecule has 0 spiro atoms. The second-order valence-corrected chi connectivity index (χ2v) is 22.2. The van der Waals surface area contributed by atoms with Crippen LogP contribution < -0.4 is 24.8 Å². The molecule has 3 aromatic rings. The van der Waals surface area contributed by atoms with E-state index in [9.17, 15) is 36.0 Å². The topological polar surface area (TPSA) is 214 Å². The lowest BCUT2D eigenvalue weighted by atomic mass is 9.96. The Morgan fingerprint density at radius 3 is 2.46 bits per heavy atom. The molecule has 70 heavy (non-hydrogen) atoms. The third kappa shape index (κ3) is 10.9. The Labute approximate surface area is 408 Å². The molecule has 380 valence electrons. The zero-order valence-electron chi connectivity index (χ0n) is 39.6. The van der Waals surface area contributed by atoms with Crippen molar-refractivity contribution in [2.24, 2.45) is 5.92 Å². The predicted molar refractivity (Wildman–Crippen MR) is 250 cm³/mol. The van der Waals surface area contributed by atoms with Gasteiger partial charge >= 0.3 is 12.3 Å². The van der Waals surface area contributed by atoms with Gasteiger partial charge in [-0.05, 0) is 96.9 Å². The molecule has 22 heteroatoms. The van der Waals surface area contributed by atoms with Crippen molar-refractivity contribution in [3.63, 3.8) is 0 Å². The van der Waals surface area contributed by atoms with Crippen molar-refractivity contribution in [3.05, 3.63) is 59.4 Å². The maximum atomic E-state index is 15.2. The molecule has 2 aromatic heterocycles. The zero-order valence-corrected chi connectivity index (χ0v) is 41.2. The summed E-state index contributed by atoms with van der Waals surface area (Å²) in [6.07, 6.45) is -4.81. The normalized spacial score (nSPS) is 29.1. The first kappa shape index (κ1) is 51.0. The molecule has 8 atom stereocenters. The van der Waals surface area contributed by atoms with Gasteiger partial charge in [-0.15, -0.1) is 11.3 Å². The fraction of sp³-hybridized carbons (Fsp3) is 0.583. The molecule has 8 unspecified atom stereocenters. The van der Waals surface area contributed by atoms with Crippen molar-refractivity contribution >= 4 is 45.2 Å². The number of carbonyl (C=O) groups excluding carboxylic acids is 4. The quantitative estimate of drug-likeness (QED) is 0.163. The summed E-state index contributed by atoms with van der Waals surface area (Å²) >= 11 is 1.37. The van der Waals surface area contributed by atoms with Gasteiger partial charge < -0.3 is 39.2 Å². The number of aromatic nitrogens is 2. The number of halogens is 3. The van der Waals surface area contributed by atoms with E-state index in [2.05, 4.69) is 20.3 Å². The van der Waals surface area contributed by atoms with Gasteiger partial charge in [0, 0.05) is 48.4 Å². The molecule has 8 rings (SSSR count). The average molecular weight is 1020 g/mol. The van der Waals surface area contributed by atoms with Crippen molar-refractivity contribution in [1.82, 2.24) is 30.2 Å². The van der Waals surface area contributed by atoms with E-state index in [4.69, 9.17) is 28.7 Å². The number of fused-ring (bicyclic) bond motifs is 2. The van der Waals surface area contributed by atoms with Crippen LogP contribution in [0, 0.1) is 5.92 Å². The molecule has 2 saturated carbocycles. The number of pyridine rings is 1. The van der Waals surface area contributed by atoms with Crippen LogP contribution in [0.4, 0.5) is 18.0 Å². The van der Waals surface area contributed by atoms with E-state index in [1.54, 1.807) is 43.6 Å². The number of hydrogen-bond acceptors (Lipinski definition) is 14. The van der Waals surface area contributed by atoms with Crippen molar-refractivity contribution in [2.45, 2.75) is 151 Å². The number of ether oxygens (including phenoxy) is 5. The summed E-state index contributed by atoms with van der Waals surface area (Å²) in [6.45, 7) is 7.61. The summed E-state index contributed by atoms with van der Waals surface area (Å²) < 4.78 is 101. The lowest BCUT2D eigenvalue weighted by Crippen LogP contribution is -2.62. The summed E-state index contributed by atoms with van der Waals surface area (Å²) in [5.74, 6) is -2.30. The Morgan fingerprint density at radius 1 is 1.07 bits per heavy atom. The van der Waals surface area contributed by atoms with Crippen LogP contribution in [0.25, 0.3) is 22.6 Å². The molecule has 1 aromatic carbocycles. The number of benzene rings is 1. The van der Waals surface area contributed by atoms with Crippen LogP contribution in [0.5, 0.6) is 11.5 Å². The van der Waals surface area contributed by atoms with E-state index in [0.29, 0.717) is 59.8 Å². The summed E-state index contributed by atoms with van der Waals surface area (Å²) in [4.78, 5) is 68.5. The van der Waals surface area contributed by atoms with Crippen molar-refractivity contribution in [3.8, 4) is 34.1 Å². The van der Waals surface area contributed by atoms with Crippen LogP contribution in [-0.4, -0.2) is 125 Å². The second kappa shape index (κ2) is 20.1. The average Bonchev–Trinajstić information content (AvgIpc) is 4.06. The molecule has 3 aliphatic heterocycles. The van der Waals surface area contributed by atoms with Gasteiger partial charge in [0.05, 0.1) is 58.8 Å². The number of carbonyl (C=O) groups is 4. The van der Waals surface area contributed by atoms with Gasteiger partial charge in [-0.25, -0.2) is 23.2 Å². The number of alkyl halides is 3. The van der Waals surface area contributed by atoms with Crippen molar-refractivity contribution in [2.75, 3.05) is 19.8 Å². The van der Waals surface area contributed by atoms with Crippen LogP contribution in [0.15, 0.2) is 59.4 Å². The standard InChI is InChI=1S/C48H59F3N6O11S2/c1-6-39-40(54-44(61)68-46(48(49,50)51)16-9-19-64-26-46)42(59)57-24-34(67-33-20-35(53-36(21-33)37-25-69-27-52-37)30-12-14-32(15-13-30)65-28(2)3)22-38(57)41(58)55-47(23-31(47)11-8-7-10-29(4)66-39)43(60)56-70(62,63)45(5)17-18-45/h8,11-15,20-21,25,27-29,31,34,38-40H,6-7,9-10,16-19,22-24,26H2,1-5H3,(H,54,61)(H,55,58)(H,56,60). The summed E-state index contributed by atoms with van der Waals surface area (Å²) in [7, 11) is -4.13. The highest BCUT2D eigenvalue weighted by atomic mass is 32.2. The van der Waals surface area contributed by atoms with Crippen molar-refractivity contribution in [1.29, 1.82) is 0 Å². The van der Waals surface area contributed by atoms with Crippen LogP contribution in [0.2, 0.25) is 0 Å². The van der Waals surface area contributed by atoms with Gasteiger partial charge in [-0.1, -0.05) is 19.1 Å². The van der Waals surface area contributed by atoms with Crippen LogP contribution in [-0.2, 0) is 38.6 Å². The fourth-order valence-electron chi connectivity index (χ4n) is 9.13. The number of thiazole rings is 1. The molecule has 4 fully saturated rings. The first-order chi connectivity index (χ1) is 33.1. The third-order valence-electron chi connectivity index (χ3n) is 13.6. The second-order valence-electron chi connectivity index (χ2n) is 19.3. The molecule has 5 aliphatic rings. The maximum absolute atomic E-state index is 15.2. The maximum Gasteiger partial charge on any atom is 0.430 e. The van der Waals surface area contributed by atoms with Gasteiger partial charge in [0.15, 0.2) is 0 Å². The number of rotatable bonds is 12. The van der Waals surface area contributed by atoms with E-state index in [1.807, 2.05) is 43.5 Å². The number of allylic oxidation sites excluding steroid dienone is 1. The minimum absolute atomic E-state index is 0.0385. The van der Waals surface area contributed by atoms with Gasteiger partial charge in [0.2, 0.25) is 27.4 Å². The molecular weight excluding hydrogens is 958 g/mol. The molecule has 4 amide bonds. The van der Waals surface area contributed by atoms with Gasteiger partial charge in [0.1, 0.15) is 35.2 Å². The summed E-state index contributed by atoms with van der Waals surface area (Å²) in [5, 5.41) is 7.03. The van der Waals surface area contributed by atoms with E-state index in [1.165, 1.54) is 18.3 Å². The van der Waals surface area contributed by atoms with E-state index in [0.717, 1.165) is 4.90 Å². The Balaban J connectivity index is 1.15. The Kier molecular flexibility index (Phi) is 14.6. The highest BCUT2D eigenvalue weighted by molar-refractivity contribution is 7.91. The van der Waals surface area contributed by atoms with E-state index in [-0.39, 0.29) is 44.9 Å². The number of amides is 4. The fourth-order valence-corrected chi connectivity index (χ4v) is 11.0. The molecular formula is C48H59F3N6O11S2. The monoisotopic (exact) mass is 1020 g/mol. The lowest BCUT2D eigenvalue weighted by molar-refractivity contribution is -0.285. The van der Waals surface area contributed by atoms with Gasteiger partial charge in [-0.3, -0.25) is 19.1 Å². The molecule has 5 heterocycles. The molecule has 2 aliphatic carbocycles. The molecule has 2 saturated heterocycles. The predicted octanol–water partition coefficient (Wildman–Crippen LogP) is 6.62. The molecule has 3 N–H and O–H groups in total. The molecule has 0 radical (unpaired) electrons. The smallest absolute Gasteiger partial charge is 0.430 e. The van der Waals surface area contributed by atoms with Crippen LogP contribution in [0.3, 0.4) is 0 Å². The summed E-state index contributed by atoms with van der Waals surface area (Å²) in [6, 6.07) is 7.58. The minimum Gasteiger partial charge on any atom is -0.491 e. The number of sulfonamides is 1. The van der Waals surface area contributed by atoms with Crippen molar-refractivity contribution < 1.29 is 64.5 Å². The summed E-state index contributed by atoms with van der Waals surface area (Å²) in [5.41, 5.74) is -0.783. The largest absolute Gasteiger partial charge is 0.491 e. The highest BCUT2D eigenvalue weighted by Crippen LogP contribution is 2.48.